The lowest BCUT2D eigenvalue weighted by molar-refractivity contribution is 0.112. The summed E-state index contributed by atoms with van der Waals surface area (Å²) in [7, 11) is 0. The molecule has 1 aromatic carbocycles. The Morgan fingerprint density at radius 2 is 2.29 bits per heavy atom. The van der Waals surface area contributed by atoms with E-state index in [2.05, 4.69) is 11.8 Å². The molecule has 3 heteroatoms. The number of benzene rings is 1. The second kappa shape index (κ2) is 5.43. The SMILES string of the molecule is O=Cc1c(Cl)cccc1C#CCCO. The van der Waals surface area contributed by atoms with Crippen molar-refractivity contribution in [1.82, 2.24) is 0 Å². The molecule has 0 saturated carbocycles. The van der Waals surface area contributed by atoms with E-state index in [0.717, 1.165) is 0 Å². The van der Waals surface area contributed by atoms with Crippen molar-refractivity contribution in [3.8, 4) is 11.8 Å². The maximum Gasteiger partial charge on any atom is 0.152 e. The largest absolute Gasteiger partial charge is 0.395 e. The molecule has 0 radical (unpaired) electrons. The van der Waals surface area contributed by atoms with Crippen LogP contribution in [0.4, 0.5) is 0 Å². The van der Waals surface area contributed by atoms with Gasteiger partial charge in [0.05, 0.1) is 11.6 Å². The van der Waals surface area contributed by atoms with E-state index in [0.29, 0.717) is 28.9 Å². The van der Waals surface area contributed by atoms with Crippen molar-refractivity contribution in [2.24, 2.45) is 0 Å². The number of carbonyl (C=O) groups excluding carboxylic acids is 1. The van der Waals surface area contributed by atoms with E-state index in [1.54, 1.807) is 18.2 Å². The molecule has 0 amide bonds. The summed E-state index contributed by atoms with van der Waals surface area (Å²) in [6, 6.07) is 5.10. The van der Waals surface area contributed by atoms with Gasteiger partial charge in [0.15, 0.2) is 6.29 Å². The molecule has 1 rings (SSSR count). The lowest BCUT2D eigenvalue weighted by atomic mass is 10.1. The number of aliphatic hydroxyl groups is 1. The molecule has 0 unspecified atom stereocenters. The van der Waals surface area contributed by atoms with Crippen LogP contribution in [0, 0.1) is 11.8 Å². The third-order valence-electron chi connectivity index (χ3n) is 1.63. The zero-order chi connectivity index (χ0) is 10.4. The van der Waals surface area contributed by atoms with Gasteiger partial charge in [0.2, 0.25) is 0 Å². The Morgan fingerprint density at radius 1 is 1.50 bits per heavy atom. The van der Waals surface area contributed by atoms with Crippen LogP contribution in [0.3, 0.4) is 0 Å². The molecule has 1 N–H and O–H groups in total. The number of carbonyl (C=O) groups is 1. The number of rotatable bonds is 2. The molecule has 1 aromatic rings. The predicted octanol–water partition coefficient (Wildman–Crippen LogP) is 1.89. The molecule has 0 saturated heterocycles. The Kier molecular flexibility index (Phi) is 4.18. The van der Waals surface area contributed by atoms with E-state index in [1.807, 2.05) is 0 Å². The number of hydrogen-bond donors (Lipinski definition) is 1. The Balaban J connectivity index is 3.04. The molecule has 72 valence electrons. The second-order valence-corrected chi connectivity index (χ2v) is 3.00. The molecule has 2 nitrogen and oxygen atoms in total. The fourth-order valence-electron chi connectivity index (χ4n) is 0.979. The maximum absolute atomic E-state index is 10.7. The number of halogens is 1. The third-order valence-corrected chi connectivity index (χ3v) is 1.96. The van der Waals surface area contributed by atoms with Crippen molar-refractivity contribution in [1.29, 1.82) is 0 Å². The Labute approximate surface area is 87.5 Å². The van der Waals surface area contributed by atoms with E-state index in [9.17, 15) is 4.79 Å². The van der Waals surface area contributed by atoms with Crippen LogP contribution in [-0.4, -0.2) is 18.0 Å². The molecule has 0 aliphatic carbocycles. The molecular formula is C11H9ClO2. The normalized spacial score (nSPS) is 9.00. The third kappa shape index (κ3) is 2.59. The number of aliphatic hydroxyl groups excluding tert-OH is 1. The molecule has 0 aromatic heterocycles. The smallest absolute Gasteiger partial charge is 0.152 e. The van der Waals surface area contributed by atoms with Crippen molar-refractivity contribution in [2.45, 2.75) is 6.42 Å². The average Bonchev–Trinajstić information content (AvgIpc) is 2.18. The Bertz CT molecular complexity index is 388. The van der Waals surface area contributed by atoms with Crippen LogP contribution in [0.2, 0.25) is 5.02 Å². The summed E-state index contributed by atoms with van der Waals surface area (Å²) in [5.74, 6) is 5.52. The van der Waals surface area contributed by atoms with E-state index in [-0.39, 0.29) is 6.61 Å². The zero-order valence-electron chi connectivity index (χ0n) is 7.46. The Hall–Kier alpha value is -1.30. The molecule has 0 heterocycles. The fourth-order valence-corrected chi connectivity index (χ4v) is 1.20. The summed E-state index contributed by atoms with van der Waals surface area (Å²) in [6.07, 6.45) is 1.08. The van der Waals surface area contributed by atoms with Gasteiger partial charge in [-0.2, -0.15) is 0 Å². The van der Waals surface area contributed by atoms with Crippen LogP contribution < -0.4 is 0 Å². The molecule has 0 bridgehead atoms. The predicted molar refractivity (Wildman–Crippen MR) is 55.4 cm³/mol. The maximum atomic E-state index is 10.7. The first-order valence-corrected chi connectivity index (χ1v) is 4.51. The summed E-state index contributed by atoms with van der Waals surface area (Å²) in [6.45, 7) is 0.0178. The van der Waals surface area contributed by atoms with Crippen LogP contribution in [-0.2, 0) is 0 Å². The zero-order valence-corrected chi connectivity index (χ0v) is 8.21. The molecule has 0 atom stereocenters. The van der Waals surface area contributed by atoms with Gasteiger partial charge in [0.1, 0.15) is 0 Å². The van der Waals surface area contributed by atoms with Gasteiger partial charge in [-0.25, -0.2) is 0 Å². The first kappa shape index (κ1) is 10.8. The highest BCUT2D eigenvalue weighted by Crippen LogP contribution is 2.16. The van der Waals surface area contributed by atoms with E-state index >= 15 is 0 Å². The molecule has 0 spiro atoms. The number of hydrogen-bond acceptors (Lipinski definition) is 2. The monoisotopic (exact) mass is 208 g/mol. The van der Waals surface area contributed by atoms with Gasteiger partial charge in [0, 0.05) is 17.5 Å². The quantitative estimate of drug-likeness (QED) is 0.595. The molecular weight excluding hydrogens is 200 g/mol. The van der Waals surface area contributed by atoms with Crippen molar-refractivity contribution < 1.29 is 9.90 Å². The highest BCUT2D eigenvalue weighted by atomic mass is 35.5. The van der Waals surface area contributed by atoms with E-state index < -0.39 is 0 Å². The van der Waals surface area contributed by atoms with Gasteiger partial charge < -0.3 is 5.11 Å². The molecule has 14 heavy (non-hydrogen) atoms. The topological polar surface area (TPSA) is 37.3 Å². The minimum atomic E-state index is 0.0178. The summed E-state index contributed by atoms with van der Waals surface area (Å²) < 4.78 is 0. The molecule has 0 aliphatic rings. The van der Waals surface area contributed by atoms with Gasteiger partial charge in [0.25, 0.3) is 0 Å². The van der Waals surface area contributed by atoms with Crippen molar-refractivity contribution in [3.63, 3.8) is 0 Å². The van der Waals surface area contributed by atoms with Crippen molar-refractivity contribution in [3.05, 3.63) is 34.3 Å². The minimum absolute atomic E-state index is 0.0178. The van der Waals surface area contributed by atoms with Crippen LogP contribution in [0.1, 0.15) is 22.3 Å². The van der Waals surface area contributed by atoms with Gasteiger partial charge in [-0.15, -0.1) is 0 Å². The van der Waals surface area contributed by atoms with Crippen molar-refractivity contribution >= 4 is 17.9 Å². The summed E-state index contributed by atoms with van der Waals surface area (Å²) in [4.78, 5) is 10.7. The molecule has 0 aliphatic heterocycles. The highest BCUT2D eigenvalue weighted by Gasteiger charge is 2.02. The first-order chi connectivity index (χ1) is 6.79. The Morgan fingerprint density at radius 3 is 2.93 bits per heavy atom. The summed E-state index contributed by atoms with van der Waals surface area (Å²) in [5, 5.41) is 8.93. The van der Waals surface area contributed by atoms with Gasteiger partial charge in [-0.05, 0) is 12.1 Å². The summed E-state index contributed by atoms with van der Waals surface area (Å²) >= 11 is 5.79. The summed E-state index contributed by atoms with van der Waals surface area (Å²) in [5.41, 5.74) is 1.00. The minimum Gasteiger partial charge on any atom is -0.395 e. The van der Waals surface area contributed by atoms with Gasteiger partial charge in [-0.3, -0.25) is 4.79 Å². The van der Waals surface area contributed by atoms with Crippen LogP contribution in [0.15, 0.2) is 18.2 Å². The van der Waals surface area contributed by atoms with Gasteiger partial charge in [-0.1, -0.05) is 29.5 Å². The van der Waals surface area contributed by atoms with Crippen LogP contribution >= 0.6 is 11.6 Å². The number of aldehydes is 1. The second-order valence-electron chi connectivity index (χ2n) is 2.59. The fraction of sp³-hybridized carbons (Fsp3) is 0.182. The lowest BCUT2D eigenvalue weighted by Gasteiger charge is -1.97. The molecule has 0 fully saturated rings. The van der Waals surface area contributed by atoms with E-state index in [1.165, 1.54) is 0 Å². The lowest BCUT2D eigenvalue weighted by Crippen LogP contribution is -1.88. The van der Waals surface area contributed by atoms with Crippen LogP contribution in [0.5, 0.6) is 0 Å². The van der Waals surface area contributed by atoms with Gasteiger partial charge >= 0.3 is 0 Å². The standard InChI is InChI=1S/C11H9ClO2/c12-11-6-3-5-9(10(11)8-14)4-1-2-7-13/h3,5-6,8,13H,2,7H2. The van der Waals surface area contributed by atoms with E-state index in [4.69, 9.17) is 16.7 Å². The van der Waals surface area contributed by atoms with Crippen molar-refractivity contribution in [2.75, 3.05) is 6.61 Å². The average molecular weight is 209 g/mol. The highest BCUT2D eigenvalue weighted by molar-refractivity contribution is 6.33. The first-order valence-electron chi connectivity index (χ1n) is 4.13. The van der Waals surface area contributed by atoms with Crippen LogP contribution in [0.25, 0.3) is 0 Å².